The van der Waals surface area contributed by atoms with E-state index >= 15 is 0 Å². The zero-order valence-corrected chi connectivity index (χ0v) is 10.0. The quantitative estimate of drug-likeness (QED) is 0.789. The van der Waals surface area contributed by atoms with Crippen molar-refractivity contribution in [3.05, 3.63) is 34.9 Å². The van der Waals surface area contributed by atoms with Crippen molar-refractivity contribution in [1.82, 2.24) is 4.90 Å². The van der Waals surface area contributed by atoms with E-state index in [-0.39, 0.29) is 0 Å². The Morgan fingerprint density at radius 1 is 1.25 bits per heavy atom. The summed E-state index contributed by atoms with van der Waals surface area (Å²) in [5, 5.41) is 0.776. The zero-order chi connectivity index (χ0) is 11.4. The van der Waals surface area contributed by atoms with Gasteiger partial charge in [0, 0.05) is 24.5 Å². The van der Waals surface area contributed by atoms with Gasteiger partial charge in [-0.15, -0.1) is 0 Å². The van der Waals surface area contributed by atoms with Crippen molar-refractivity contribution in [2.45, 2.75) is 25.7 Å². The van der Waals surface area contributed by atoms with E-state index in [9.17, 15) is 4.79 Å². The van der Waals surface area contributed by atoms with Crippen LogP contribution in [0.15, 0.2) is 24.3 Å². The average molecular weight is 238 g/mol. The third-order valence-electron chi connectivity index (χ3n) is 2.98. The molecule has 2 nitrogen and oxygen atoms in total. The highest BCUT2D eigenvalue weighted by Crippen LogP contribution is 2.13. The second-order valence-corrected chi connectivity index (χ2v) is 4.65. The van der Waals surface area contributed by atoms with E-state index in [1.807, 2.05) is 29.2 Å². The Morgan fingerprint density at radius 3 is 2.62 bits per heavy atom. The Morgan fingerprint density at radius 2 is 2.00 bits per heavy atom. The molecule has 1 heterocycles. The second kappa shape index (κ2) is 5.35. The van der Waals surface area contributed by atoms with Gasteiger partial charge in [-0.3, -0.25) is 4.79 Å². The number of benzene rings is 1. The number of rotatable bonds is 4. The molecule has 86 valence electrons. The minimum Gasteiger partial charge on any atom is -0.343 e. The number of hydrogen-bond acceptors (Lipinski definition) is 1. The Balaban J connectivity index is 1.75. The maximum atomic E-state index is 11.4. The van der Waals surface area contributed by atoms with Gasteiger partial charge >= 0.3 is 0 Å². The Labute approximate surface area is 101 Å². The molecule has 16 heavy (non-hydrogen) atoms. The van der Waals surface area contributed by atoms with Gasteiger partial charge in [-0.25, -0.2) is 0 Å². The summed E-state index contributed by atoms with van der Waals surface area (Å²) >= 11 is 5.82. The third kappa shape index (κ3) is 2.99. The highest BCUT2D eigenvalue weighted by molar-refractivity contribution is 6.30. The average Bonchev–Trinajstić information content (AvgIpc) is 2.68. The van der Waals surface area contributed by atoms with Gasteiger partial charge in [0.2, 0.25) is 5.91 Å². The number of halogens is 1. The van der Waals surface area contributed by atoms with Gasteiger partial charge in [0.25, 0.3) is 0 Å². The number of hydrogen-bond donors (Lipinski definition) is 0. The summed E-state index contributed by atoms with van der Waals surface area (Å²) in [7, 11) is 0. The van der Waals surface area contributed by atoms with Gasteiger partial charge in [0.05, 0.1) is 0 Å². The van der Waals surface area contributed by atoms with Crippen molar-refractivity contribution >= 4 is 17.5 Å². The highest BCUT2D eigenvalue weighted by atomic mass is 35.5. The molecule has 0 N–H and O–H groups in total. The molecule has 0 aromatic heterocycles. The molecule has 0 atom stereocenters. The molecule has 0 aliphatic carbocycles. The van der Waals surface area contributed by atoms with E-state index in [0.29, 0.717) is 5.91 Å². The van der Waals surface area contributed by atoms with E-state index in [1.165, 1.54) is 5.56 Å². The van der Waals surface area contributed by atoms with Crippen LogP contribution in [0.1, 0.15) is 24.8 Å². The van der Waals surface area contributed by atoms with Gasteiger partial charge in [-0.2, -0.15) is 0 Å². The van der Waals surface area contributed by atoms with Crippen molar-refractivity contribution < 1.29 is 4.79 Å². The molecule has 0 saturated carbocycles. The number of likely N-dealkylation sites (tertiary alicyclic amines) is 1. The van der Waals surface area contributed by atoms with Crippen molar-refractivity contribution in [2.24, 2.45) is 0 Å². The van der Waals surface area contributed by atoms with Crippen LogP contribution in [0.3, 0.4) is 0 Å². The van der Waals surface area contributed by atoms with Gasteiger partial charge in [-0.1, -0.05) is 23.7 Å². The molecule has 0 spiro atoms. The third-order valence-corrected chi connectivity index (χ3v) is 3.23. The smallest absolute Gasteiger partial charge is 0.222 e. The molecule has 0 radical (unpaired) electrons. The topological polar surface area (TPSA) is 20.3 Å². The number of amides is 1. The number of carbonyl (C=O) groups is 1. The summed E-state index contributed by atoms with van der Waals surface area (Å²) < 4.78 is 0. The van der Waals surface area contributed by atoms with Gasteiger partial charge < -0.3 is 4.90 Å². The highest BCUT2D eigenvalue weighted by Gasteiger charge is 2.18. The van der Waals surface area contributed by atoms with Gasteiger partial charge in [0.1, 0.15) is 0 Å². The first-order valence-electron chi connectivity index (χ1n) is 5.78. The first-order valence-corrected chi connectivity index (χ1v) is 6.16. The molecule has 0 bridgehead atoms. The maximum absolute atomic E-state index is 11.4. The molecule has 1 aromatic carbocycles. The fraction of sp³-hybridized carbons (Fsp3) is 0.462. The van der Waals surface area contributed by atoms with Crippen LogP contribution in [0.4, 0.5) is 0 Å². The lowest BCUT2D eigenvalue weighted by Gasteiger charge is -2.14. The molecule has 1 amide bonds. The predicted octanol–water partition coefficient (Wildman–Crippen LogP) is 2.90. The van der Waals surface area contributed by atoms with E-state index in [4.69, 9.17) is 11.6 Å². The standard InChI is InChI=1S/C13H16ClNO/c14-12-7-5-11(6-8-12)3-1-9-15-10-2-4-13(15)16/h5-8H,1-4,9-10H2. The minimum atomic E-state index is 0.316. The van der Waals surface area contributed by atoms with Crippen LogP contribution in [0.2, 0.25) is 5.02 Å². The van der Waals surface area contributed by atoms with Crippen molar-refractivity contribution in [3.63, 3.8) is 0 Å². The molecule has 1 aromatic rings. The lowest BCUT2D eigenvalue weighted by molar-refractivity contribution is -0.127. The molecule has 1 saturated heterocycles. The van der Waals surface area contributed by atoms with Crippen LogP contribution in [0.5, 0.6) is 0 Å². The number of nitrogens with zero attached hydrogens (tertiary/aromatic N) is 1. The summed E-state index contributed by atoms with van der Waals surface area (Å²) in [5.41, 5.74) is 1.29. The summed E-state index contributed by atoms with van der Waals surface area (Å²) in [6, 6.07) is 7.93. The fourth-order valence-electron chi connectivity index (χ4n) is 2.07. The second-order valence-electron chi connectivity index (χ2n) is 4.21. The Bertz CT molecular complexity index is 361. The molecule has 3 heteroatoms. The summed E-state index contributed by atoms with van der Waals surface area (Å²) in [5.74, 6) is 0.316. The maximum Gasteiger partial charge on any atom is 0.222 e. The molecule has 1 aliphatic heterocycles. The van der Waals surface area contributed by atoms with Crippen molar-refractivity contribution in [3.8, 4) is 0 Å². The van der Waals surface area contributed by atoms with E-state index in [2.05, 4.69) is 0 Å². The predicted molar refractivity (Wildman–Crippen MR) is 65.6 cm³/mol. The van der Waals surface area contributed by atoms with Crippen LogP contribution in [-0.4, -0.2) is 23.9 Å². The van der Waals surface area contributed by atoms with E-state index in [0.717, 1.165) is 43.8 Å². The summed E-state index contributed by atoms with van der Waals surface area (Å²) in [6.45, 7) is 1.83. The lowest BCUT2D eigenvalue weighted by Crippen LogP contribution is -2.25. The summed E-state index contributed by atoms with van der Waals surface area (Å²) in [6.07, 6.45) is 3.81. The van der Waals surface area contributed by atoms with Gasteiger partial charge in [0.15, 0.2) is 0 Å². The first kappa shape index (κ1) is 11.5. The van der Waals surface area contributed by atoms with Crippen molar-refractivity contribution in [1.29, 1.82) is 0 Å². The van der Waals surface area contributed by atoms with Crippen LogP contribution >= 0.6 is 11.6 Å². The first-order chi connectivity index (χ1) is 7.75. The molecule has 2 rings (SSSR count). The van der Waals surface area contributed by atoms with Crippen molar-refractivity contribution in [2.75, 3.05) is 13.1 Å². The molecule has 1 fully saturated rings. The molecule has 1 aliphatic rings. The molecular weight excluding hydrogens is 222 g/mol. The number of aryl methyl sites for hydroxylation is 1. The Hall–Kier alpha value is -1.02. The van der Waals surface area contributed by atoms with Gasteiger partial charge in [-0.05, 0) is 37.0 Å². The lowest BCUT2D eigenvalue weighted by atomic mass is 10.1. The van der Waals surface area contributed by atoms with Crippen LogP contribution in [-0.2, 0) is 11.2 Å². The minimum absolute atomic E-state index is 0.316. The Kier molecular flexibility index (Phi) is 3.83. The molecular formula is C13H16ClNO. The monoisotopic (exact) mass is 237 g/mol. The fourth-order valence-corrected chi connectivity index (χ4v) is 2.19. The largest absolute Gasteiger partial charge is 0.343 e. The van der Waals surface area contributed by atoms with Crippen LogP contribution < -0.4 is 0 Å². The van der Waals surface area contributed by atoms with Crippen LogP contribution in [0, 0.1) is 0 Å². The zero-order valence-electron chi connectivity index (χ0n) is 9.29. The summed E-state index contributed by atoms with van der Waals surface area (Å²) in [4.78, 5) is 13.3. The molecule has 0 unspecified atom stereocenters. The normalized spacial score (nSPS) is 15.8. The van der Waals surface area contributed by atoms with E-state index in [1.54, 1.807) is 0 Å². The van der Waals surface area contributed by atoms with Crippen LogP contribution in [0.25, 0.3) is 0 Å². The number of carbonyl (C=O) groups excluding carboxylic acids is 1. The van der Waals surface area contributed by atoms with E-state index < -0.39 is 0 Å². The SMILES string of the molecule is O=C1CCCN1CCCc1ccc(Cl)cc1.